The van der Waals surface area contributed by atoms with Gasteiger partial charge in [0, 0.05) is 60.6 Å². The second-order valence-electron chi connectivity index (χ2n) is 18.0. The van der Waals surface area contributed by atoms with E-state index in [0.717, 1.165) is 106 Å². The first kappa shape index (κ1) is 39.8. The van der Waals surface area contributed by atoms with Gasteiger partial charge in [-0.2, -0.15) is 0 Å². The summed E-state index contributed by atoms with van der Waals surface area (Å²) in [5.74, 6) is 0. The summed E-state index contributed by atoms with van der Waals surface area (Å²) in [7, 11) is 0. The quantitative estimate of drug-likeness (QED) is 0.152. The Morgan fingerprint density at radius 2 is 0.800 bits per heavy atom. The highest BCUT2D eigenvalue weighted by Crippen LogP contribution is 2.43. The van der Waals surface area contributed by atoms with Crippen LogP contribution in [0, 0.1) is 0 Å². The standard InChI is InChI=1S/C66H42N2O2/c1-3-13-45(14-4-1)54-20-11-21-57-59-41-47(32-40-63(59)70-66(54)57)43-25-33-50(34-26-43)67(52-37-29-46(30-38-52)53-19-12-24-64-65(53)58-18-8-10-23-62(58)69-64)51-35-27-44(28-36-51)48-31-39-56-55-17-7-9-22-60(55)68(61(56)42-48)49-15-5-2-6-16-49/h1-42H. The molecule has 0 N–H and O–H groups in total. The van der Waals surface area contributed by atoms with Crippen molar-refractivity contribution in [1.29, 1.82) is 0 Å². The fraction of sp³-hybridized carbons (Fsp3) is 0. The summed E-state index contributed by atoms with van der Waals surface area (Å²) < 4.78 is 15.2. The molecule has 14 rings (SSSR count). The number of anilines is 3. The zero-order valence-electron chi connectivity index (χ0n) is 38.0. The van der Waals surface area contributed by atoms with E-state index < -0.39 is 0 Å². The van der Waals surface area contributed by atoms with Crippen LogP contribution >= 0.6 is 0 Å². The number of hydrogen-bond acceptors (Lipinski definition) is 3. The molecular weight excluding hydrogens is 853 g/mol. The van der Waals surface area contributed by atoms with Gasteiger partial charge < -0.3 is 18.3 Å². The molecule has 4 heteroatoms. The van der Waals surface area contributed by atoms with E-state index in [-0.39, 0.29) is 0 Å². The fourth-order valence-electron chi connectivity index (χ4n) is 10.7. The summed E-state index contributed by atoms with van der Waals surface area (Å²) in [6.07, 6.45) is 0. The highest BCUT2D eigenvalue weighted by atomic mass is 16.3. The third-order valence-electron chi connectivity index (χ3n) is 14.0. The lowest BCUT2D eigenvalue weighted by molar-refractivity contribution is 0.669. The summed E-state index contributed by atoms with van der Waals surface area (Å²) in [4.78, 5) is 2.35. The number of nitrogens with zero attached hydrogens (tertiary/aromatic N) is 2. The monoisotopic (exact) mass is 894 g/mol. The van der Waals surface area contributed by atoms with Crippen molar-refractivity contribution in [2.75, 3.05) is 4.90 Å². The summed E-state index contributed by atoms with van der Waals surface area (Å²) in [6, 6.07) is 91.1. The number of fused-ring (bicyclic) bond motifs is 9. The average Bonchev–Trinajstić information content (AvgIpc) is 4.11. The van der Waals surface area contributed by atoms with Gasteiger partial charge >= 0.3 is 0 Å². The molecule has 0 saturated carbocycles. The van der Waals surface area contributed by atoms with Gasteiger partial charge in [0.25, 0.3) is 0 Å². The number of furan rings is 2. The van der Waals surface area contributed by atoms with E-state index in [9.17, 15) is 0 Å². The lowest BCUT2D eigenvalue weighted by Gasteiger charge is -2.26. The third kappa shape index (κ3) is 6.53. The molecule has 0 amide bonds. The zero-order chi connectivity index (χ0) is 46.1. The van der Waals surface area contributed by atoms with Crippen molar-refractivity contribution in [3.05, 3.63) is 255 Å². The number of aromatic nitrogens is 1. The van der Waals surface area contributed by atoms with Crippen LogP contribution in [0.1, 0.15) is 0 Å². The highest BCUT2D eigenvalue weighted by Gasteiger charge is 2.19. The van der Waals surface area contributed by atoms with Gasteiger partial charge in [-0.1, -0.05) is 170 Å². The number of hydrogen-bond donors (Lipinski definition) is 0. The van der Waals surface area contributed by atoms with Crippen molar-refractivity contribution in [2.45, 2.75) is 0 Å². The smallest absolute Gasteiger partial charge is 0.143 e. The molecule has 4 nitrogen and oxygen atoms in total. The van der Waals surface area contributed by atoms with Crippen LogP contribution in [0.15, 0.2) is 264 Å². The molecule has 70 heavy (non-hydrogen) atoms. The maximum Gasteiger partial charge on any atom is 0.143 e. The lowest BCUT2D eigenvalue weighted by atomic mass is 9.98. The Labute approximate surface area is 404 Å². The Hall–Kier alpha value is -9.38. The van der Waals surface area contributed by atoms with Crippen molar-refractivity contribution in [1.82, 2.24) is 4.57 Å². The molecule has 11 aromatic carbocycles. The largest absolute Gasteiger partial charge is 0.456 e. The topological polar surface area (TPSA) is 34.5 Å². The van der Waals surface area contributed by atoms with E-state index in [4.69, 9.17) is 8.83 Å². The summed E-state index contributed by atoms with van der Waals surface area (Å²) in [5.41, 5.74) is 19.4. The highest BCUT2D eigenvalue weighted by molar-refractivity contribution is 6.13. The predicted octanol–water partition coefficient (Wildman–Crippen LogP) is 18.7. The van der Waals surface area contributed by atoms with E-state index in [0.29, 0.717) is 0 Å². The molecule has 0 bridgehead atoms. The van der Waals surface area contributed by atoms with Crippen molar-refractivity contribution in [2.24, 2.45) is 0 Å². The summed E-state index contributed by atoms with van der Waals surface area (Å²) in [6.45, 7) is 0. The molecule has 3 heterocycles. The van der Waals surface area contributed by atoms with E-state index in [1.165, 1.54) is 27.4 Å². The van der Waals surface area contributed by atoms with Crippen LogP contribution in [0.4, 0.5) is 17.1 Å². The maximum absolute atomic E-state index is 6.53. The molecule has 0 saturated heterocycles. The molecule has 0 fully saturated rings. The number of para-hydroxylation sites is 4. The Kier molecular flexibility index (Phi) is 9.17. The summed E-state index contributed by atoms with van der Waals surface area (Å²) >= 11 is 0. The Morgan fingerprint density at radius 3 is 1.54 bits per heavy atom. The van der Waals surface area contributed by atoms with Crippen LogP contribution in [-0.2, 0) is 0 Å². The molecule has 0 aliphatic heterocycles. The zero-order valence-corrected chi connectivity index (χ0v) is 38.0. The molecule has 0 spiro atoms. The Balaban J connectivity index is 0.852. The van der Waals surface area contributed by atoms with Gasteiger partial charge in [-0.3, -0.25) is 0 Å². The van der Waals surface area contributed by atoms with Crippen molar-refractivity contribution in [3.63, 3.8) is 0 Å². The molecule has 328 valence electrons. The van der Waals surface area contributed by atoms with Gasteiger partial charge in [-0.05, 0) is 124 Å². The molecule has 3 aromatic heterocycles. The van der Waals surface area contributed by atoms with Gasteiger partial charge in [-0.15, -0.1) is 0 Å². The first-order valence-corrected chi connectivity index (χ1v) is 23.8. The van der Waals surface area contributed by atoms with Crippen LogP contribution in [0.2, 0.25) is 0 Å². The minimum absolute atomic E-state index is 0.882. The average molecular weight is 895 g/mol. The molecule has 0 aliphatic rings. The van der Waals surface area contributed by atoms with Gasteiger partial charge in [0.15, 0.2) is 0 Å². The molecular formula is C66H42N2O2. The second kappa shape index (κ2) is 16.2. The van der Waals surface area contributed by atoms with Crippen molar-refractivity contribution in [3.8, 4) is 50.2 Å². The molecule has 0 aliphatic carbocycles. The maximum atomic E-state index is 6.53. The van der Waals surface area contributed by atoms with E-state index in [1.807, 2.05) is 18.2 Å². The van der Waals surface area contributed by atoms with Gasteiger partial charge in [0.2, 0.25) is 0 Å². The van der Waals surface area contributed by atoms with Gasteiger partial charge in [0.1, 0.15) is 22.3 Å². The second-order valence-corrected chi connectivity index (χ2v) is 18.0. The minimum atomic E-state index is 0.882. The van der Waals surface area contributed by atoms with Crippen molar-refractivity contribution >= 4 is 82.7 Å². The third-order valence-corrected chi connectivity index (χ3v) is 14.0. The molecule has 0 unspecified atom stereocenters. The lowest BCUT2D eigenvalue weighted by Crippen LogP contribution is -2.09. The van der Waals surface area contributed by atoms with E-state index in [2.05, 4.69) is 246 Å². The van der Waals surface area contributed by atoms with Crippen LogP contribution in [0.3, 0.4) is 0 Å². The van der Waals surface area contributed by atoms with Crippen LogP contribution in [0.25, 0.3) is 116 Å². The Morgan fingerprint density at radius 1 is 0.286 bits per heavy atom. The predicted molar refractivity (Wildman–Crippen MR) is 292 cm³/mol. The minimum Gasteiger partial charge on any atom is -0.456 e. The summed E-state index contributed by atoms with van der Waals surface area (Å²) in [5, 5.41) is 6.97. The van der Waals surface area contributed by atoms with E-state index in [1.54, 1.807) is 0 Å². The van der Waals surface area contributed by atoms with Crippen LogP contribution < -0.4 is 4.90 Å². The van der Waals surface area contributed by atoms with Gasteiger partial charge in [0.05, 0.1) is 11.0 Å². The van der Waals surface area contributed by atoms with Crippen molar-refractivity contribution < 1.29 is 8.83 Å². The molecule has 14 aromatic rings. The number of benzene rings is 11. The number of rotatable bonds is 8. The van der Waals surface area contributed by atoms with Crippen LogP contribution in [0.5, 0.6) is 0 Å². The molecule has 0 atom stereocenters. The van der Waals surface area contributed by atoms with Gasteiger partial charge in [-0.25, -0.2) is 0 Å². The fourth-order valence-corrected chi connectivity index (χ4v) is 10.7. The first-order chi connectivity index (χ1) is 34.7. The Bertz CT molecular complexity index is 4260. The normalized spacial score (nSPS) is 11.7. The van der Waals surface area contributed by atoms with E-state index >= 15 is 0 Å². The van der Waals surface area contributed by atoms with Crippen LogP contribution in [-0.4, -0.2) is 4.57 Å². The first-order valence-electron chi connectivity index (χ1n) is 23.8. The molecule has 0 radical (unpaired) electrons. The SMILES string of the molecule is c1ccc(-c2cccc3c2oc2ccc(-c4ccc(N(c5ccc(-c6ccc7c8ccccc8n(-c8ccccc8)c7c6)cc5)c5ccc(-c6cccc7oc8ccccc8c67)cc5)cc4)cc23)cc1.